The quantitative estimate of drug-likeness (QED) is 0.802. The van der Waals surface area contributed by atoms with Crippen molar-refractivity contribution in [2.24, 2.45) is 0 Å². The molecule has 2 aromatic carbocycles. The number of anilines is 1. The number of halogens is 2. The maximum absolute atomic E-state index is 11.8. The van der Waals surface area contributed by atoms with Crippen LogP contribution in [0.25, 0.3) is 0 Å². The number of carbonyl (C=O) groups is 1. The van der Waals surface area contributed by atoms with E-state index in [0.717, 1.165) is 27.7 Å². The van der Waals surface area contributed by atoms with Crippen LogP contribution in [0.5, 0.6) is 0 Å². The van der Waals surface area contributed by atoms with Crippen LogP contribution >= 0.6 is 27.5 Å². The van der Waals surface area contributed by atoms with Gasteiger partial charge in [0.1, 0.15) is 0 Å². The fourth-order valence-electron chi connectivity index (χ4n) is 1.86. The zero-order chi connectivity index (χ0) is 15.2. The highest BCUT2D eigenvalue weighted by Gasteiger charge is 2.03. The van der Waals surface area contributed by atoms with Crippen LogP contribution in [0.4, 0.5) is 10.5 Å². The van der Waals surface area contributed by atoms with Crippen molar-refractivity contribution in [2.75, 3.05) is 11.9 Å². The molecule has 0 atom stereocenters. The van der Waals surface area contributed by atoms with Crippen molar-refractivity contribution in [3.63, 3.8) is 0 Å². The van der Waals surface area contributed by atoms with Crippen LogP contribution in [0.1, 0.15) is 11.1 Å². The Kier molecular flexibility index (Phi) is 5.65. The molecule has 3 nitrogen and oxygen atoms in total. The number of nitrogens with one attached hydrogen (secondary N) is 2. The summed E-state index contributed by atoms with van der Waals surface area (Å²) < 4.78 is 0.972. The first-order chi connectivity index (χ1) is 10.0. The summed E-state index contributed by atoms with van der Waals surface area (Å²) in [5, 5.41) is 6.34. The zero-order valence-corrected chi connectivity index (χ0v) is 14.0. The summed E-state index contributed by atoms with van der Waals surface area (Å²) in [5.41, 5.74) is 2.98. The molecule has 2 N–H and O–H groups in total. The molecule has 0 saturated heterocycles. The van der Waals surface area contributed by atoms with Gasteiger partial charge in [-0.1, -0.05) is 45.7 Å². The minimum atomic E-state index is -0.215. The minimum absolute atomic E-state index is 0.215. The third-order valence-corrected chi connectivity index (χ3v) is 4.11. The SMILES string of the molecule is Cc1ccc(NC(=O)NCCc2cccc(Cl)c2)cc1Br. The van der Waals surface area contributed by atoms with Crippen LogP contribution in [0.15, 0.2) is 46.9 Å². The molecule has 0 spiro atoms. The van der Waals surface area contributed by atoms with Gasteiger partial charge in [-0.15, -0.1) is 0 Å². The minimum Gasteiger partial charge on any atom is -0.338 e. The largest absolute Gasteiger partial charge is 0.338 e. The van der Waals surface area contributed by atoms with Gasteiger partial charge in [-0.25, -0.2) is 4.79 Å². The molecule has 0 fully saturated rings. The summed E-state index contributed by atoms with van der Waals surface area (Å²) in [6.45, 7) is 2.55. The highest BCUT2D eigenvalue weighted by atomic mass is 79.9. The molecule has 0 aliphatic rings. The van der Waals surface area contributed by atoms with Crippen LogP contribution in [-0.2, 0) is 6.42 Å². The first-order valence-corrected chi connectivity index (χ1v) is 7.77. The Labute approximate surface area is 137 Å². The summed E-state index contributed by atoms with van der Waals surface area (Å²) in [6.07, 6.45) is 0.742. The normalized spacial score (nSPS) is 10.2. The predicted octanol–water partition coefficient (Wildman–Crippen LogP) is 4.78. The molecule has 0 unspecified atom stereocenters. The zero-order valence-electron chi connectivity index (χ0n) is 11.6. The van der Waals surface area contributed by atoms with Crippen molar-refractivity contribution in [1.29, 1.82) is 0 Å². The van der Waals surface area contributed by atoms with E-state index in [4.69, 9.17) is 11.6 Å². The van der Waals surface area contributed by atoms with Gasteiger partial charge in [0, 0.05) is 21.7 Å². The standard InChI is InChI=1S/C16H16BrClN2O/c1-11-5-6-14(10-15(11)17)20-16(21)19-8-7-12-3-2-4-13(18)9-12/h2-6,9-10H,7-8H2,1H3,(H2,19,20,21). The van der Waals surface area contributed by atoms with Crippen molar-refractivity contribution >= 4 is 39.2 Å². The lowest BCUT2D eigenvalue weighted by Gasteiger charge is -2.09. The molecule has 5 heteroatoms. The molecule has 0 heterocycles. The van der Waals surface area contributed by atoms with E-state index in [0.29, 0.717) is 11.6 Å². The third-order valence-electron chi connectivity index (χ3n) is 3.02. The number of urea groups is 1. The Balaban J connectivity index is 1.81. The molecule has 110 valence electrons. The van der Waals surface area contributed by atoms with Crippen LogP contribution in [0.2, 0.25) is 5.02 Å². The number of carbonyl (C=O) groups excluding carboxylic acids is 1. The summed E-state index contributed by atoms with van der Waals surface area (Å²) in [6, 6.07) is 13.1. The molecule has 2 amide bonds. The number of benzene rings is 2. The Hall–Kier alpha value is -1.52. The van der Waals surface area contributed by atoms with Crippen LogP contribution in [-0.4, -0.2) is 12.6 Å². The molecule has 2 rings (SSSR count). The first kappa shape index (κ1) is 15.9. The number of hydrogen-bond acceptors (Lipinski definition) is 1. The predicted molar refractivity (Wildman–Crippen MR) is 91.1 cm³/mol. The molecule has 0 bridgehead atoms. The Morgan fingerprint density at radius 1 is 1.24 bits per heavy atom. The van der Waals surface area contributed by atoms with E-state index in [1.807, 2.05) is 49.4 Å². The van der Waals surface area contributed by atoms with Crippen molar-refractivity contribution < 1.29 is 4.79 Å². The molecule has 0 aliphatic heterocycles. The van der Waals surface area contributed by atoms with Gasteiger partial charge in [0.2, 0.25) is 0 Å². The molecular formula is C16H16BrClN2O. The van der Waals surface area contributed by atoms with Crippen LogP contribution in [0.3, 0.4) is 0 Å². The first-order valence-electron chi connectivity index (χ1n) is 6.60. The fraction of sp³-hybridized carbons (Fsp3) is 0.188. The van der Waals surface area contributed by atoms with Gasteiger partial charge in [0.05, 0.1) is 0 Å². The number of aryl methyl sites for hydroxylation is 1. The average molecular weight is 368 g/mol. The van der Waals surface area contributed by atoms with Gasteiger partial charge < -0.3 is 10.6 Å². The van der Waals surface area contributed by atoms with Gasteiger partial charge in [-0.2, -0.15) is 0 Å². The Morgan fingerprint density at radius 2 is 2.05 bits per heavy atom. The van der Waals surface area contributed by atoms with Crippen molar-refractivity contribution in [3.8, 4) is 0 Å². The van der Waals surface area contributed by atoms with E-state index in [1.165, 1.54) is 0 Å². The van der Waals surface area contributed by atoms with Crippen molar-refractivity contribution in [1.82, 2.24) is 5.32 Å². The molecule has 21 heavy (non-hydrogen) atoms. The summed E-state index contributed by atoms with van der Waals surface area (Å²) in [5.74, 6) is 0. The molecule has 0 saturated carbocycles. The van der Waals surface area contributed by atoms with E-state index in [2.05, 4.69) is 26.6 Å². The van der Waals surface area contributed by atoms with Gasteiger partial charge in [-0.05, 0) is 48.7 Å². The smallest absolute Gasteiger partial charge is 0.319 e. The van der Waals surface area contributed by atoms with E-state index in [9.17, 15) is 4.79 Å². The number of amides is 2. The molecule has 0 radical (unpaired) electrons. The molecular weight excluding hydrogens is 352 g/mol. The van der Waals surface area contributed by atoms with Crippen LogP contribution < -0.4 is 10.6 Å². The fourth-order valence-corrected chi connectivity index (χ4v) is 2.45. The van der Waals surface area contributed by atoms with E-state index < -0.39 is 0 Å². The maximum Gasteiger partial charge on any atom is 0.319 e. The van der Waals surface area contributed by atoms with Crippen LogP contribution in [0, 0.1) is 6.92 Å². The second-order valence-corrected chi connectivity index (χ2v) is 6.02. The van der Waals surface area contributed by atoms with Gasteiger partial charge in [0.25, 0.3) is 0 Å². The highest BCUT2D eigenvalue weighted by molar-refractivity contribution is 9.10. The number of rotatable bonds is 4. The molecule has 0 aliphatic carbocycles. The topological polar surface area (TPSA) is 41.1 Å². The lowest BCUT2D eigenvalue weighted by Crippen LogP contribution is -2.30. The van der Waals surface area contributed by atoms with Crippen molar-refractivity contribution in [3.05, 3.63) is 63.1 Å². The van der Waals surface area contributed by atoms with Gasteiger partial charge in [0.15, 0.2) is 0 Å². The van der Waals surface area contributed by atoms with Crippen molar-refractivity contribution in [2.45, 2.75) is 13.3 Å². The second kappa shape index (κ2) is 7.48. The Morgan fingerprint density at radius 3 is 2.76 bits per heavy atom. The summed E-state index contributed by atoms with van der Waals surface area (Å²) >= 11 is 9.36. The van der Waals surface area contributed by atoms with E-state index in [-0.39, 0.29) is 6.03 Å². The number of hydrogen-bond donors (Lipinski definition) is 2. The molecule has 2 aromatic rings. The Bertz CT molecular complexity index is 646. The highest BCUT2D eigenvalue weighted by Crippen LogP contribution is 2.20. The van der Waals surface area contributed by atoms with E-state index >= 15 is 0 Å². The van der Waals surface area contributed by atoms with Gasteiger partial charge in [-0.3, -0.25) is 0 Å². The third kappa shape index (κ3) is 5.06. The summed E-state index contributed by atoms with van der Waals surface area (Å²) in [7, 11) is 0. The lowest BCUT2D eigenvalue weighted by molar-refractivity contribution is 0.252. The molecule has 0 aromatic heterocycles. The second-order valence-electron chi connectivity index (χ2n) is 4.72. The van der Waals surface area contributed by atoms with E-state index in [1.54, 1.807) is 0 Å². The average Bonchev–Trinajstić information content (AvgIpc) is 2.43. The lowest BCUT2D eigenvalue weighted by atomic mass is 10.1. The van der Waals surface area contributed by atoms with Gasteiger partial charge >= 0.3 is 6.03 Å². The monoisotopic (exact) mass is 366 g/mol. The maximum atomic E-state index is 11.8. The summed E-state index contributed by atoms with van der Waals surface area (Å²) in [4.78, 5) is 11.8.